The van der Waals surface area contributed by atoms with Gasteiger partial charge in [0.25, 0.3) is 0 Å². The van der Waals surface area contributed by atoms with E-state index in [9.17, 15) is 0 Å². The van der Waals surface area contributed by atoms with Crippen molar-refractivity contribution in [2.24, 2.45) is 0 Å². The number of nitrogens with zero attached hydrogens (tertiary/aromatic N) is 1. The zero-order chi connectivity index (χ0) is 10.7. The molecule has 0 aliphatic heterocycles. The summed E-state index contributed by atoms with van der Waals surface area (Å²) in [6, 6.07) is 6.09. The van der Waals surface area contributed by atoms with Gasteiger partial charge in [-0.2, -0.15) is 0 Å². The van der Waals surface area contributed by atoms with E-state index in [0.717, 1.165) is 23.2 Å². The van der Waals surface area contributed by atoms with Crippen LogP contribution in [0, 0.1) is 0 Å². The fraction of sp³-hybridized carbons (Fsp3) is 0.333. The zero-order valence-electron chi connectivity index (χ0n) is 9.17. The van der Waals surface area contributed by atoms with E-state index in [-0.39, 0.29) is 0 Å². The predicted molar refractivity (Wildman–Crippen MR) is 63.7 cm³/mol. The highest BCUT2D eigenvalue weighted by Gasteiger charge is 2.02. The van der Waals surface area contributed by atoms with Gasteiger partial charge in [0.05, 0.1) is 0 Å². The molecule has 0 radical (unpaired) electrons. The van der Waals surface area contributed by atoms with E-state index in [2.05, 4.69) is 17.5 Å². The highest BCUT2D eigenvalue weighted by atomic mass is 15.1. The quantitative estimate of drug-likeness (QED) is 0.586. The van der Waals surface area contributed by atoms with Gasteiger partial charge in [0.2, 0.25) is 0 Å². The van der Waals surface area contributed by atoms with E-state index in [1.807, 2.05) is 33.2 Å². The van der Waals surface area contributed by atoms with Gasteiger partial charge in [-0.15, -0.1) is 0 Å². The van der Waals surface area contributed by atoms with E-state index < -0.39 is 0 Å². The minimum atomic E-state index is 0.846. The number of rotatable bonds is 3. The summed E-state index contributed by atoms with van der Waals surface area (Å²) in [5, 5.41) is 0. The molecule has 0 amide bonds. The number of allylic oxidation sites excluding steroid dienone is 1. The van der Waals surface area contributed by atoms with Crippen LogP contribution in [0.3, 0.4) is 0 Å². The maximum absolute atomic E-state index is 5.88. The minimum absolute atomic E-state index is 0.846. The molecular formula is C12H18N2. The van der Waals surface area contributed by atoms with Crippen molar-refractivity contribution < 1.29 is 0 Å². The highest BCUT2D eigenvalue weighted by Crippen LogP contribution is 2.21. The van der Waals surface area contributed by atoms with Crippen LogP contribution in [-0.4, -0.2) is 14.1 Å². The monoisotopic (exact) mass is 190 g/mol. The van der Waals surface area contributed by atoms with Crippen molar-refractivity contribution in [1.29, 1.82) is 0 Å². The summed E-state index contributed by atoms with van der Waals surface area (Å²) in [7, 11) is 4.05. The van der Waals surface area contributed by atoms with Crippen LogP contribution in [0.1, 0.15) is 12.5 Å². The van der Waals surface area contributed by atoms with Gasteiger partial charge in [-0.1, -0.05) is 12.2 Å². The molecule has 0 fully saturated rings. The van der Waals surface area contributed by atoms with Gasteiger partial charge in [-0.05, 0) is 37.1 Å². The van der Waals surface area contributed by atoms with Crippen LogP contribution in [-0.2, 0) is 6.42 Å². The molecular weight excluding hydrogens is 172 g/mol. The first-order valence-electron chi connectivity index (χ1n) is 4.71. The van der Waals surface area contributed by atoms with Gasteiger partial charge in [-0.3, -0.25) is 0 Å². The van der Waals surface area contributed by atoms with Crippen LogP contribution < -0.4 is 10.6 Å². The molecule has 0 atom stereocenters. The van der Waals surface area contributed by atoms with Gasteiger partial charge < -0.3 is 10.6 Å². The van der Waals surface area contributed by atoms with E-state index in [4.69, 9.17) is 5.73 Å². The third kappa shape index (κ3) is 2.52. The van der Waals surface area contributed by atoms with Crippen molar-refractivity contribution >= 4 is 11.4 Å². The Hall–Kier alpha value is -1.44. The van der Waals surface area contributed by atoms with Gasteiger partial charge in [0.15, 0.2) is 0 Å². The third-order valence-electron chi connectivity index (χ3n) is 2.14. The number of nitrogen functional groups attached to an aromatic ring is 1. The molecule has 0 spiro atoms. The molecule has 0 unspecified atom stereocenters. The molecule has 0 heterocycles. The second kappa shape index (κ2) is 4.18. The molecule has 14 heavy (non-hydrogen) atoms. The molecule has 1 rings (SSSR count). The van der Waals surface area contributed by atoms with Crippen LogP contribution in [0.2, 0.25) is 0 Å². The summed E-state index contributed by atoms with van der Waals surface area (Å²) in [5.41, 5.74) is 10.2. The van der Waals surface area contributed by atoms with E-state index in [0.29, 0.717) is 0 Å². The van der Waals surface area contributed by atoms with E-state index >= 15 is 0 Å². The second-order valence-electron chi connectivity index (χ2n) is 3.91. The summed E-state index contributed by atoms with van der Waals surface area (Å²) in [6.07, 6.45) is 0.855. The molecule has 0 saturated heterocycles. The lowest BCUT2D eigenvalue weighted by Gasteiger charge is -2.15. The van der Waals surface area contributed by atoms with Crippen LogP contribution in [0.25, 0.3) is 0 Å². The molecule has 0 aliphatic carbocycles. The van der Waals surface area contributed by atoms with Crippen molar-refractivity contribution in [3.05, 3.63) is 35.9 Å². The van der Waals surface area contributed by atoms with Crippen molar-refractivity contribution in [2.45, 2.75) is 13.3 Å². The Labute approximate surface area is 86.0 Å². The highest BCUT2D eigenvalue weighted by molar-refractivity contribution is 5.58. The Morgan fingerprint density at radius 1 is 1.43 bits per heavy atom. The van der Waals surface area contributed by atoms with E-state index in [1.54, 1.807) is 0 Å². The van der Waals surface area contributed by atoms with Crippen molar-refractivity contribution in [3.63, 3.8) is 0 Å². The molecule has 76 valence electrons. The molecule has 1 aromatic rings. The lowest BCUT2D eigenvalue weighted by Crippen LogP contribution is -2.09. The Morgan fingerprint density at radius 3 is 2.57 bits per heavy atom. The smallest absolute Gasteiger partial charge is 0.0365 e. The van der Waals surface area contributed by atoms with Crippen LogP contribution >= 0.6 is 0 Å². The summed E-state index contributed by atoms with van der Waals surface area (Å²) in [5.74, 6) is 0. The summed E-state index contributed by atoms with van der Waals surface area (Å²) in [4.78, 5) is 2.07. The lowest BCUT2D eigenvalue weighted by atomic mass is 10.0. The average Bonchev–Trinajstić information content (AvgIpc) is 2.07. The van der Waals surface area contributed by atoms with Crippen molar-refractivity contribution in [3.8, 4) is 0 Å². The number of anilines is 2. The second-order valence-corrected chi connectivity index (χ2v) is 3.91. The number of benzene rings is 1. The van der Waals surface area contributed by atoms with Crippen molar-refractivity contribution in [1.82, 2.24) is 0 Å². The molecule has 2 heteroatoms. The first-order chi connectivity index (χ1) is 6.50. The third-order valence-corrected chi connectivity index (χ3v) is 2.14. The van der Waals surface area contributed by atoms with E-state index in [1.165, 1.54) is 5.69 Å². The summed E-state index contributed by atoms with van der Waals surface area (Å²) >= 11 is 0. The average molecular weight is 190 g/mol. The maximum Gasteiger partial charge on any atom is 0.0365 e. The van der Waals surface area contributed by atoms with Crippen LogP contribution in [0.4, 0.5) is 11.4 Å². The van der Waals surface area contributed by atoms with Gasteiger partial charge in [0, 0.05) is 25.5 Å². The first kappa shape index (κ1) is 10.6. The predicted octanol–water partition coefficient (Wildman–Crippen LogP) is 2.45. The molecule has 1 aromatic carbocycles. The SMILES string of the molecule is C=C(C)Cc1cc(N(C)C)ccc1N. The standard InChI is InChI=1S/C12H18N2/c1-9(2)7-10-8-11(14(3)4)5-6-12(10)13/h5-6,8H,1,7,13H2,2-4H3. The summed E-state index contributed by atoms with van der Waals surface area (Å²) < 4.78 is 0. The molecule has 0 aromatic heterocycles. The number of hydrogen-bond donors (Lipinski definition) is 1. The Bertz CT molecular complexity index is 340. The fourth-order valence-electron chi connectivity index (χ4n) is 1.35. The molecule has 0 saturated carbocycles. The normalized spacial score (nSPS) is 9.93. The largest absolute Gasteiger partial charge is 0.398 e. The van der Waals surface area contributed by atoms with Gasteiger partial charge >= 0.3 is 0 Å². The number of nitrogens with two attached hydrogens (primary N) is 1. The molecule has 0 bridgehead atoms. The Balaban J connectivity index is 3.02. The van der Waals surface area contributed by atoms with Gasteiger partial charge in [0.1, 0.15) is 0 Å². The lowest BCUT2D eigenvalue weighted by molar-refractivity contribution is 1.11. The summed E-state index contributed by atoms with van der Waals surface area (Å²) in [6.45, 7) is 5.91. The zero-order valence-corrected chi connectivity index (χ0v) is 9.17. The minimum Gasteiger partial charge on any atom is -0.398 e. The van der Waals surface area contributed by atoms with Crippen molar-refractivity contribution in [2.75, 3.05) is 24.7 Å². The fourth-order valence-corrected chi connectivity index (χ4v) is 1.35. The Kier molecular flexibility index (Phi) is 3.18. The topological polar surface area (TPSA) is 29.3 Å². The first-order valence-corrected chi connectivity index (χ1v) is 4.71. The van der Waals surface area contributed by atoms with Crippen LogP contribution in [0.15, 0.2) is 30.4 Å². The molecule has 2 nitrogen and oxygen atoms in total. The Morgan fingerprint density at radius 2 is 2.07 bits per heavy atom. The molecule has 2 N–H and O–H groups in total. The van der Waals surface area contributed by atoms with Crippen LogP contribution in [0.5, 0.6) is 0 Å². The van der Waals surface area contributed by atoms with Gasteiger partial charge in [-0.25, -0.2) is 0 Å². The maximum atomic E-state index is 5.88. The molecule has 0 aliphatic rings. The number of hydrogen-bond acceptors (Lipinski definition) is 2.